The maximum atomic E-state index is 11.9. The number of hydrogen-bond acceptors (Lipinski definition) is 9. The monoisotopic (exact) mass is 423 g/mol. The first kappa shape index (κ1) is 21.5. The number of nitrogens with zero attached hydrogens (tertiary/aromatic N) is 3. The summed E-state index contributed by atoms with van der Waals surface area (Å²) in [5.41, 5.74) is 1.36. The topological polar surface area (TPSA) is 129 Å². The minimum atomic E-state index is -0.562. The summed E-state index contributed by atoms with van der Waals surface area (Å²) in [4.78, 5) is 31.1. The first-order chi connectivity index (χ1) is 15.0. The fourth-order valence-corrected chi connectivity index (χ4v) is 2.78. The van der Waals surface area contributed by atoms with Gasteiger partial charge in [0.05, 0.1) is 24.2 Å². The Morgan fingerprint density at radius 1 is 1.13 bits per heavy atom. The number of esters is 1. The fourth-order valence-electron chi connectivity index (χ4n) is 2.78. The van der Waals surface area contributed by atoms with Crippen LogP contribution < -0.4 is 15.4 Å². The maximum absolute atomic E-state index is 11.9. The molecular weight excluding hydrogens is 402 g/mol. The van der Waals surface area contributed by atoms with E-state index in [4.69, 9.17) is 9.47 Å². The number of nitrogens with one attached hydrogen (secondary N) is 2. The van der Waals surface area contributed by atoms with Gasteiger partial charge in [-0.15, -0.1) is 0 Å². The van der Waals surface area contributed by atoms with Gasteiger partial charge in [-0.3, -0.25) is 10.1 Å². The van der Waals surface area contributed by atoms with Crippen LogP contribution in [0.5, 0.6) is 5.75 Å². The minimum absolute atomic E-state index is 0.00163. The molecule has 0 aliphatic carbocycles. The van der Waals surface area contributed by atoms with Gasteiger partial charge in [-0.1, -0.05) is 18.2 Å². The molecule has 0 radical (unpaired) electrons. The van der Waals surface area contributed by atoms with E-state index in [9.17, 15) is 14.9 Å². The van der Waals surface area contributed by atoms with Gasteiger partial charge in [0.25, 0.3) is 0 Å². The first-order valence-electron chi connectivity index (χ1n) is 9.42. The van der Waals surface area contributed by atoms with Gasteiger partial charge in [0.1, 0.15) is 12.1 Å². The highest BCUT2D eigenvalue weighted by molar-refractivity contribution is 5.91. The van der Waals surface area contributed by atoms with E-state index < -0.39 is 10.9 Å². The van der Waals surface area contributed by atoms with E-state index in [1.165, 1.54) is 12.4 Å². The van der Waals surface area contributed by atoms with Gasteiger partial charge in [0, 0.05) is 12.2 Å². The average molecular weight is 423 g/mol. The van der Waals surface area contributed by atoms with E-state index in [2.05, 4.69) is 20.6 Å². The quantitative estimate of drug-likeness (QED) is 0.299. The highest BCUT2D eigenvalue weighted by Crippen LogP contribution is 2.31. The van der Waals surface area contributed by atoms with E-state index >= 15 is 0 Å². The number of benzene rings is 2. The third-order valence-corrected chi connectivity index (χ3v) is 4.26. The van der Waals surface area contributed by atoms with E-state index in [0.717, 1.165) is 5.56 Å². The Morgan fingerprint density at radius 3 is 2.55 bits per heavy atom. The number of carbonyl (C=O) groups is 1. The lowest BCUT2D eigenvalue weighted by atomic mass is 10.2. The predicted octanol–water partition coefficient (Wildman–Crippen LogP) is 3.93. The van der Waals surface area contributed by atoms with Crippen molar-refractivity contribution in [3.05, 3.63) is 76.1 Å². The van der Waals surface area contributed by atoms with Crippen LogP contribution in [0.1, 0.15) is 22.8 Å². The molecular formula is C21H21N5O5. The number of methoxy groups -OCH3 is 1. The van der Waals surface area contributed by atoms with E-state index in [-0.39, 0.29) is 23.9 Å². The lowest BCUT2D eigenvalue weighted by Crippen LogP contribution is -2.09. The third kappa shape index (κ3) is 5.44. The summed E-state index contributed by atoms with van der Waals surface area (Å²) >= 11 is 0. The van der Waals surface area contributed by atoms with Crippen LogP contribution >= 0.6 is 0 Å². The van der Waals surface area contributed by atoms with Crippen LogP contribution in [0.4, 0.5) is 23.0 Å². The zero-order valence-corrected chi connectivity index (χ0v) is 17.0. The second kappa shape index (κ2) is 10.0. The summed E-state index contributed by atoms with van der Waals surface area (Å²) in [7, 11) is 1.58. The van der Waals surface area contributed by atoms with Gasteiger partial charge in [-0.05, 0) is 42.8 Å². The molecule has 0 saturated carbocycles. The standard InChI is InChI=1S/C21H21N5O5/c1-3-31-21(27)15-5-4-6-16(11-15)25-20-18(26(28)29)19(23-13-24-20)22-12-14-7-9-17(30-2)10-8-14/h4-11,13H,3,12H2,1-2H3,(H2,22,23,24,25). The largest absolute Gasteiger partial charge is 0.497 e. The summed E-state index contributed by atoms with van der Waals surface area (Å²) in [6.45, 7) is 2.28. The minimum Gasteiger partial charge on any atom is -0.497 e. The molecule has 0 atom stereocenters. The SMILES string of the molecule is CCOC(=O)c1cccc(Nc2ncnc(NCc3ccc(OC)cc3)c2[N+](=O)[O-])c1. The predicted molar refractivity (Wildman–Crippen MR) is 115 cm³/mol. The van der Waals surface area contributed by atoms with Crippen molar-refractivity contribution in [3.8, 4) is 5.75 Å². The molecule has 10 nitrogen and oxygen atoms in total. The van der Waals surface area contributed by atoms with Gasteiger partial charge < -0.3 is 20.1 Å². The second-order valence-corrected chi connectivity index (χ2v) is 6.30. The van der Waals surface area contributed by atoms with Crippen molar-refractivity contribution >= 4 is 29.0 Å². The lowest BCUT2D eigenvalue weighted by Gasteiger charge is -2.11. The molecule has 0 aliphatic heterocycles. The normalized spacial score (nSPS) is 10.3. The Balaban J connectivity index is 1.82. The third-order valence-electron chi connectivity index (χ3n) is 4.26. The van der Waals surface area contributed by atoms with Gasteiger partial charge >= 0.3 is 11.7 Å². The average Bonchev–Trinajstić information content (AvgIpc) is 2.78. The molecule has 10 heteroatoms. The van der Waals surface area contributed by atoms with Crippen LogP contribution in [0.25, 0.3) is 0 Å². The van der Waals surface area contributed by atoms with Crippen molar-refractivity contribution in [2.24, 2.45) is 0 Å². The van der Waals surface area contributed by atoms with Crippen molar-refractivity contribution in [2.45, 2.75) is 13.5 Å². The van der Waals surface area contributed by atoms with Crippen molar-refractivity contribution in [1.82, 2.24) is 9.97 Å². The Kier molecular flexibility index (Phi) is 6.94. The highest BCUT2D eigenvalue weighted by Gasteiger charge is 2.23. The van der Waals surface area contributed by atoms with Gasteiger partial charge in [0.15, 0.2) is 0 Å². The summed E-state index contributed by atoms with van der Waals surface area (Å²) in [5.74, 6) is 0.302. The van der Waals surface area contributed by atoms with Crippen molar-refractivity contribution in [3.63, 3.8) is 0 Å². The number of carbonyl (C=O) groups excluding carboxylic acids is 1. The molecule has 0 unspecified atom stereocenters. The van der Waals surface area contributed by atoms with Crippen LogP contribution in [-0.2, 0) is 11.3 Å². The zero-order chi connectivity index (χ0) is 22.2. The van der Waals surface area contributed by atoms with E-state index in [1.54, 1.807) is 44.4 Å². The molecule has 0 spiro atoms. The Hall–Kier alpha value is -4.21. The number of hydrogen-bond donors (Lipinski definition) is 2. The number of anilines is 3. The lowest BCUT2D eigenvalue weighted by molar-refractivity contribution is -0.383. The summed E-state index contributed by atoms with van der Waals surface area (Å²) in [6, 6.07) is 13.7. The molecule has 0 aliphatic rings. The number of ether oxygens (including phenoxy) is 2. The molecule has 0 bridgehead atoms. The maximum Gasteiger partial charge on any atom is 0.353 e. The van der Waals surface area contributed by atoms with E-state index in [1.807, 2.05) is 12.1 Å². The van der Waals surface area contributed by atoms with Crippen LogP contribution in [0, 0.1) is 10.1 Å². The van der Waals surface area contributed by atoms with Crippen LogP contribution in [-0.4, -0.2) is 34.6 Å². The van der Waals surface area contributed by atoms with Crippen LogP contribution in [0.2, 0.25) is 0 Å². The number of aromatic nitrogens is 2. The van der Waals surface area contributed by atoms with Crippen molar-refractivity contribution in [2.75, 3.05) is 24.4 Å². The zero-order valence-electron chi connectivity index (χ0n) is 17.0. The van der Waals surface area contributed by atoms with Crippen molar-refractivity contribution in [1.29, 1.82) is 0 Å². The summed E-state index contributed by atoms with van der Waals surface area (Å²) < 4.78 is 10.1. The molecule has 1 heterocycles. The van der Waals surface area contributed by atoms with Crippen molar-refractivity contribution < 1.29 is 19.2 Å². The highest BCUT2D eigenvalue weighted by atomic mass is 16.6. The number of rotatable bonds is 9. The smallest absolute Gasteiger partial charge is 0.353 e. The van der Waals surface area contributed by atoms with Gasteiger partial charge in [0.2, 0.25) is 11.6 Å². The molecule has 160 valence electrons. The Bertz CT molecular complexity index is 1070. The number of nitro groups is 1. The summed E-state index contributed by atoms with van der Waals surface area (Å²) in [5, 5.41) is 17.6. The molecule has 3 rings (SSSR count). The molecule has 0 fully saturated rings. The molecule has 0 amide bonds. The molecule has 1 aromatic heterocycles. The Morgan fingerprint density at radius 2 is 1.87 bits per heavy atom. The van der Waals surface area contributed by atoms with E-state index in [0.29, 0.717) is 23.5 Å². The fraction of sp³-hybridized carbons (Fsp3) is 0.190. The van der Waals surface area contributed by atoms with Gasteiger partial charge in [-0.2, -0.15) is 0 Å². The van der Waals surface area contributed by atoms with Crippen LogP contribution in [0.15, 0.2) is 54.9 Å². The molecule has 31 heavy (non-hydrogen) atoms. The molecule has 2 N–H and O–H groups in total. The molecule has 2 aromatic carbocycles. The van der Waals surface area contributed by atoms with Gasteiger partial charge in [-0.25, -0.2) is 14.8 Å². The molecule has 0 saturated heterocycles. The van der Waals surface area contributed by atoms with Crippen LogP contribution in [0.3, 0.4) is 0 Å². The Labute approximate surface area is 178 Å². The first-order valence-corrected chi connectivity index (χ1v) is 9.42. The second-order valence-electron chi connectivity index (χ2n) is 6.30. The summed E-state index contributed by atoms with van der Waals surface area (Å²) in [6.07, 6.45) is 1.22. The molecule has 3 aromatic rings.